The molecule has 0 aliphatic carbocycles. The number of aromatic amines is 1. The monoisotopic (exact) mass is 262 g/mol. The summed E-state index contributed by atoms with van der Waals surface area (Å²) in [5, 5.41) is 14.8. The Morgan fingerprint density at radius 1 is 1.44 bits per heavy atom. The zero-order chi connectivity index (χ0) is 13.0. The van der Waals surface area contributed by atoms with Crippen molar-refractivity contribution in [1.29, 1.82) is 5.26 Å². The van der Waals surface area contributed by atoms with Crippen LogP contribution in [0.15, 0.2) is 41.6 Å². The molecule has 2 N–H and O–H groups in total. The van der Waals surface area contributed by atoms with E-state index in [0.29, 0.717) is 5.56 Å². The average Bonchev–Trinajstić information content (AvgIpc) is 2.91. The summed E-state index contributed by atoms with van der Waals surface area (Å²) < 4.78 is 26.0. The van der Waals surface area contributed by atoms with Gasteiger partial charge in [0.1, 0.15) is 4.90 Å². The molecule has 2 aromatic rings. The number of benzene rings is 1. The van der Waals surface area contributed by atoms with E-state index >= 15 is 0 Å². The van der Waals surface area contributed by atoms with E-state index in [-0.39, 0.29) is 11.4 Å². The summed E-state index contributed by atoms with van der Waals surface area (Å²) >= 11 is 0. The predicted octanol–water partition coefficient (Wildman–Crippen LogP) is 0.760. The Hall–Kier alpha value is -2.17. The molecule has 2 rings (SSSR count). The maximum absolute atomic E-state index is 11.8. The first-order valence-corrected chi connectivity index (χ1v) is 6.57. The molecule has 0 saturated carbocycles. The van der Waals surface area contributed by atoms with Crippen molar-refractivity contribution < 1.29 is 8.42 Å². The van der Waals surface area contributed by atoms with Crippen LogP contribution < -0.4 is 4.72 Å². The van der Waals surface area contributed by atoms with Crippen molar-refractivity contribution in [3.8, 4) is 6.07 Å². The van der Waals surface area contributed by atoms with E-state index in [1.807, 2.05) is 6.07 Å². The van der Waals surface area contributed by atoms with Crippen molar-refractivity contribution in [2.24, 2.45) is 0 Å². The van der Waals surface area contributed by atoms with Crippen molar-refractivity contribution in [2.75, 3.05) is 0 Å². The van der Waals surface area contributed by atoms with Crippen LogP contribution in [-0.4, -0.2) is 18.6 Å². The largest absolute Gasteiger partial charge is 0.284 e. The van der Waals surface area contributed by atoms with Crippen LogP contribution >= 0.6 is 0 Å². The molecule has 7 heteroatoms. The SMILES string of the molecule is N#Cc1cccc(CNS(=O)(=O)c2cn[nH]c2)c1. The van der Waals surface area contributed by atoms with Gasteiger partial charge in [-0.3, -0.25) is 5.10 Å². The molecule has 0 spiro atoms. The molecule has 0 amide bonds. The second kappa shape index (κ2) is 5.00. The van der Waals surface area contributed by atoms with Crippen molar-refractivity contribution in [1.82, 2.24) is 14.9 Å². The summed E-state index contributed by atoms with van der Waals surface area (Å²) in [6.07, 6.45) is 2.53. The number of rotatable bonds is 4. The Kier molecular flexibility index (Phi) is 3.41. The van der Waals surface area contributed by atoms with Crippen LogP contribution in [0.25, 0.3) is 0 Å². The van der Waals surface area contributed by atoms with Crippen molar-refractivity contribution in [3.05, 3.63) is 47.8 Å². The van der Waals surface area contributed by atoms with Gasteiger partial charge in [-0.05, 0) is 17.7 Å². The summed E-state index contributed by atoms with van der Waals surface area (Å²) in [4.78, 5) is 0.0823. The number of sulfonamides is 1. The first-order chi connectivity index (χ1) is 8.62. The number of nitrogens with zero attached hydrogens (tertiary/aromatic N) is 2. The van der Waals surface area contributed by atoms with Gasteiger partial charge in [0.25, 0.3) is 0 Å². The summed E-state index contributed by atoms with van der Waals surface area (Å²) in [6, 6.07) is 8.75. The third-order valence-corrected chi connectivity index (χ3v) is 3.67. The maximum Gasteiger partial charge on any atom is 0.243 e. The number of hydrogen-bond donors (Lipinski definition) is 2. The predicted molar refractivity (Wildman–Crippen MR) is 63.8 cm³/mol. The molecule has 0 aliphatic heterocycles. The quantitative estimate of drug-likeness (QED) is 0.849. The lowest BCUT2D eigenvalue weighted by Gasteiger charge is -2.04. The number of nitrogens with one attached hydrogen (secondary N) is 2. The summed E-state index contributed by atoms with van der Waals surface area (Å²) in [5.74, 6) is 0. The third-order valence-electron chi connectivity index (χ3n) is 2.31. The number of hydrogen-bond acceptors (Lipinski definition) is 4. The molecule has 1 aromatic carbocycles. The number of aromatic nitrogens is 2. The van der Waals surface area contributed by atoms with Gasteiger partial charge in [-0.25, -0.2) is 13.1 Å². The Bertz CT molecular complexity index is 671. The zero-order valence-electron chi connectivity index (χ0n) is 9.29. The summed E-state index contributed by atoms with van der Waals surface area (Å²) in [5.41, 5.74) is 1.22. The molecule has 0 bridgehead atoms. The van der Waals surface area contributed by atoms with E-state index < -0.39 is 10.0 Å². The van der Waals surface area contributed by atoms with Gasteiger partial charge in [0, 0.05) is 12.7 Å². The maximum atomic E-state index is 11.8. The molecule has 0 aliphatic rings. The third kappa shape index (κ3) is 2.74. The van der Waals surface area contributed by atoms with Crippen LogP contribution in [0.2, 0.25) is 0 Å². The zero-order valence-corrected chi connectivity index (χ0v) is 10.1. The topological polar surface area (TPSA) is 98.6 Å². The van der Waals surface area contributed by atoms with E-state index in [4.69, 9.17) is 5.26 Å². The molecule has 0 atom stereocenters. The summed E-state index contributed by atoms with van der Waals surface area (Å²) in [6.45, 7) is 0.128. The fourth-order valence-electron chi connectivity index (χ4n) is 1.40. The van der Waals surface area contributed by atoms with Crippen molar-refractivity contribution in [3.63, 3.8) is 0 Å². The molecule has 0 fully saturated rings. The van der Waals surface area contributed by atoms with Gasteiger partial charge in [0.2, 0.25) is 10.0 Å². The molecule has 0 unspecified atom stereocenters. The normalized spacial score (nSPS) is 11.1. The van der Waals surface area contributed by atoms with E-state index in [2.05, 4.69) is 14.9 Å². The Morgan fingerprint density at radius 3 is 2.94 bits per heavy atom. The van der Waals surface area contributed by atoms with Crippen LogP contribution in [0.3, 0.4) is 0 Å². The fourth-order valence-corrected chi connectivity index (χ4v) is 2.32. The summed E-state index contributed by atoms with van der Waals surface area (Å²) in [7, 11) is -3.56. The molecule has 1 heterocycles. The Labute approximate surface area is 104 Å². The van der Waals surface area contributed by atoms with Crippen molar-refractivity contribution >= 4 is 10.0 Å². The minimum atomic E-state index is -3.56. The second-order valence-corrected chi connectivity index (χ2v) is 5.34. The molecule has 0 radical (unpaired) electrons. The van der Waals surface area contributed by atoms with Crippen LogP contribution in [0, 0.1) is 11.3 Å². The van der Waals surface area contributed by atoms with Gasteiger partial charge in [0.15, 0.2) is 0 Å². The highest BCUT2D eigenvalue weighted by Gasteiger charge is 2.14. The molecule has 92 valence electrons. The highest BCUT2D eigenvalue weighted by atomic mass is 32.2. The highest BCUT2D eigenvalue weighted by molar-refractivity contribution is 7.89. The van der Waals surface area contributed by atoms with Crippen molar-refractivity contribution in [2.45, 2.75) is 11.4 Å². The molecule has 0 saturated heterocycles. The van der Waals surface area contributed by atoms with Gasteiger partial charge in [0.05, 0.1) is 17.8 Å². The second-order valence-electron chi connectivity index (χ2n) is 3.57. The van der Waals surface area contributed by atoms with Crippen LogP contribution in [-0.2, 0) is 16.6 Å². The first-order valence-electron chi connectivity index (χ1n) is 5.09. The van der Waals surface area contributed by atoms with Gasteiger partial charge >= 0.3 is 0 Å². The minimum Gasteiger partial charge on any atom is -0.284 e. The van der Waals surface area contributed by atoms with Gasteiger partial charge in [-0.1, -0.05) is 12.1 Å². The van der Waals surface area contributed by atoms with Gasteiger partial charge in [-0.15, -0.1) is 0 Å². The lowest BCUT2D eigenvalue weighted by atomic mass is 10.1. The van der Waals surface area contributed by atoms with E-state index in [1.165, 1.54) is 12.4 Å². The van der Waals surface area contributed by atoms with Crippen LogP contribution in [0.5, 0.6) is 0 Å². The molecule has 6 nitrogen and oxygen atoms in total. The van der Waals surface area contributed by atoms with E-state index in [9.17, 15) is 8.42 Å². The fraction of sp³-hybridized carbons (Fsp3) is 0.0909. The molecular formula is C11H10N4O2S. The average molecular weight is 262 g/mol. The van der Waals surface area contributed by atoms with Gasteiger partial charge in [-0.2, -0.15) is 10.4 Å². The lowest BCUT2D eigenvalue weighted by Crippen LogP contribution is -2.22. The molecule has 1 aromatic heterocycles. The lowest BCUT2D eigenvalue weighted by molar-refractivity contribution is 0.581. The van der Waals surface area contributed by atoms with E-state index in [0.717, 1.165) is 5.56 Å². The molecular weight excluding hydrogens is 252 g/mol. The first kappa shape index (κ1) is 12.3. The van der Waals surface area contributed by atoms with E-state index in [1.54, 1.807) is 24.3 Å². The Balaban J connectivity index is 2.10. The number of nitriles is 1. The van der Waals surface area contributed by atoms with Crippen LogP contribution in [0.4, 0.5) is 0 Å². The van der Waals surface area contributed by atoms with Crippen LogP contribution in [0.1, 0.15) is 11.1 Å². The minimum absolute atomic E-state index is 0.0823. The standard InChI is InChI=1S/C11H10N4O2S/c12-5-9-2-1-3-10(4-9)6-15-18(16,17)11-7-13-14-8-11/h1-4,7-8,15H,6H2,(H,13,14). The number of H-pyrrole nitrogens is 1. The highest BCUT2D eigenvalue weighted by Crippen LogP contribution is 2.08. The smallest absolute Gasteiger partial charge is 0.243 e. The Morgan fingerprint density at radius 2 is 2.28 bits per heavy atom. The van der Waals surface area contributed by atoms with Gasteiger partial charge < -0.3 is 0 Å². The molecule has 18 heavy (non-hydrogen) atoms.